The Labute approximate surface area is 88.1 Å². The van der Waals surface area contributed by atoms with E-state index in [0.29, 0.717) is 17.0 Å². The third-order valence-electron chi connectivity index (χ3n) is 1.72. The summed E-state index contributed by atoms with van der Waals surface area (Å²) in [6.07, 6.45) is 4.32. The van der Waals surface area contributed by atoms with E-state index >= 15 is 0 Å². The first-order chi connectivity index (χ1) is 6.77. The van der Waals surface area contributed by atoms with Crippen LogP contribution in [0.2, 0.25) is 5.02 Å². The van der Waals surface area contributed by atoms with Crippen LogP contribution in [0.3, 0.4) is 0 Å². The van der Waals surface area contributed by atoms with Crippen molar-refractivity contribution in [2.24, 2.45) is 0 Å². The van der Waals surface area contributed by atoms with Gasteiger partial charge < -0.3 is 5.11 Å². The van der Waals surface area contributed by atoms with Gasteiger partial charge in [-0.05, 0) is 24.1 Å². The molecule has 3 heteroatoms. The highest BCUT2D eigenvalue weighted by molar-refractivity contribution is 6.31. The molecule has 2 nitrogen and oxygen atoms in total. The topological polar surface area (TPSA) is 44.0 Å². The first kappa shape index (κ1) is 10.8. The van der Waals surface area contributed by atoms with Gasteiger partial charge in [0.2, 0.25) is 0 Å². The first-order valence-electron chi connectivity index (χ1n) is 4.25. The van der Waals surface area contributed by atoms with E-state index in [1.807, 2.05) is 24.3 Å². The van der Waals surface area contributed by atoms with E-state index in [1.165, 1.54) is 0 Å². The molecule has 0 bridgehead atoms. The van der Waals surface area contributed by atoms with Gasteiger partial charge in [0.25, 0.3) is 0 Å². The first-order valence-corrected chi connectivity index (χ1v) is 4.63. The number of nitriles is 1. The number of nitrogens with zero attached hydrogens (tertiary/aromatic N) is 1. The lowest BCUT2D eigenvalue weighted by Gasteiger charge is -1.96. The van der Waals surface area contributed by atoms with Crippen LogP contribution >= 0.6 is 11.6 Å². The van der Waals surface area contributed by atoms with Gasteiger partial charge in [-0.2, -0.15) is 5.26 Å². The Hall–Kier alpha value is -1.30. The summed E-state index contributed by atoms with van der Waals surface area (Å²) in [5.41, 5.74) is 1.39. The van der Waals surface area contributed by atoms with E-state index in [9.17, 15) is 0 Å². The molecule has 0 fully saturated rings. The third-order valence-corrected chi connectivity index (χ3v) is 2.05. The maximum atomic E-state index is 8.72. The molecule has 0 atom stereocenters. The maximum absolute atomic E-state index is 8.72. The van der Waals surface area contributed by atoms with Crippen molar-refractivity contribution in [3.63, 3.8) is 0 Å². The fraction of sp³-hybridized carbons (Fsp3) is 0.182. The molecule has 1 rings (SSSR count). The summed E-state index contributed by atoms with van der Waals surface area (Å²) < 4.78 is 0. The van der Waals surface area contributed by atoms with Crippen LogP contribution in [-0.4, -0.2) is 11.7 Å². The minimum Gasteiger partial charge on any atom is -0.396 e. The van der Waals surface area contributed by atoms with Gasteiger partial charge in [0.15, 0.2) is 0 Å². The molecular formula is C11H10ClNO. The standard InChI is InChI=1S/C11H10ClNO/c12-11-5-4-9(3-1-2-6-14)7-10(11)8-13/h1,3-5,7,14H,2,6H2. The average molecular weight is 208 g/mol. The van der Waals surface area contributed by atoms with Gasteiger partial charge in [-0.1, -0.05) is 29.8 Å². The van der Waals surface area contributed by atoms with Crippen molar-refractivity contribution in [2.45, 2.75) is 6.42 Å². The lowest BCUT2D eigenvalue weighted by molar-refractivity contribution is 0.303. The number of aliphatic hydroxyl groups excluding tert-OH is 1. The Morgan fingerprint density at radius 3 is 2.93 bits per heavy atom. The van der Waals surface area contributed by atoms with Crippen LogP contribution in [0, 0.1) is 11.3 Å². The average Bonchev–Trinajstić information content (AvgIpc) is 2.21. The molecule has 0 aliphatic rings. The highest BCUT2D eigenvalue weighted by atomic mass is 35.5. The summed E-state index contributed by atoms with van der Waals surface area (Å²) in [5.74, 6) is 0. The summed E-state index contributed by atoms with van der Waals surface area (Å²) in [7, 11) is 0. The van der Waals surface area contributed by atoms with E-state index in [4.69, 9.17) is 22.0 Å². The Morgan fingerprint density at radius 2 is 2.29 bits per heavy atom. The van der Waals surface area contributed by atoms with Crippen molar-refractivity contribution in [3.8, 4) is 6.07 Å². The van der Waals surface area contributed by atoms with Crippen molar-refractivity contribution in [1.82, 2.24) is 0 Å². The normalized spacial score (nSPS) is 10.4. The van der Waals surface area contributed by atoms with Crippen LogP contribution in [0.5, 0.6) is 0 Å². The van der Waals surface area contributed by atoms with E-state index < -0.39 is 0 Å². The Bertz CT molecular complexity index is 379. The largest absolute Gasteiger partial charge is 0.396 e. The molecule has 72 valence electrons. The van der Waals surface area contributed by atoms with Gasteiger partial charge in [-0.3, -0.25) is 0 Å². The molecule has 1 N–H and O–H groups in total. The molecule has 0 spiro atoms. The molecule has 14 heavy (non-hydrogen) atoms. The molecule has 0 saturated carbocycles. The number of aliphatic hydroxyl groups is 1. The number of hydrogen-bond acceptors (Lipinski definition) is 2. The maximum Gasteiger partial charge on any atom is 0.101 e. The lowest BCUT2D eigenvalue weighted by atomic mass is 10.1. The summed E-state index contributed by atoms with van der Waals surface area (Å²) in [4.78, 5) is 0. The number of hydrogen-bond donors (Lipinski definition) is 1. The van der Waals surface area contributed by atoms with E-state index in [0.717, 1.165) is 5.56 Å². The molecule has 0 aliphatic carbocycles. The van der Waals surface area contributed by atoms with Crippen molar-refractivity contribution in [3.05, 3.63) is 40.4 Å². The van der Waals surface area contributed by atoms with Gasteiger partial charge in [-0.25, -0.2) is 0 Å². The zero-order valence-electron chi connectivity index (χ0n) is 7.57. The summed E-state index contributed by atoms with van der Waals surface area (Å²) in [5, 5.41) is 17.7. The highest BCUT2D eigenvalue weighted by Crippen LogP contribution is 2.17. The van der Waals surface area contributed by atoms with Gasteiger partial charge in [0.1, 0.15) is 6.07 Å². The Balaban J connectivity index is 2.86. The summed E-state index contributed by atoms with van der Waals surface area (Å²) in [6.45, 7) is 0.134. The number of halogens is 1. The van der Waals surface area contributed by atoms with Gasteiger partial charge >= 0.3 is 0 Å². The predicted octanol–water partition coefficient (Wildman–Crippen LogP) is 2.61. The minimum atomic E-state index is 0.134. The number of benzene rings is 1. The number of rotatable bonds is 3. The molecule has 0 unspecified atom stereocenters. The molecule has 0 aliphatic heterocycles. The SMILES string of the molecule is N#Cc1cc(C=CCCO)ccc1Cl. The van der Waals surface area contributed by atoms with E-state index in [-0.39, 0.29) is 6.61 Å². The van der Waals surface area contributed by atoms with Crippen molar-refractivity contribution in [1.29, 1.82) is 5.26 Å². The summed E-state index contributed by atoms with van der Waals surface area (Å²) >= 11 is 5.77. The molecule has 0 saturated heterocycles. The zero-order valence-corrected chi connectivity index (χ0v) is 8.33. The fourth-order valence-electron chi connectivity index (χ4n) is 1.03. The van der Waals surface area contributed by atoms with Crippen molar-refractivity contribution < 1.29 is 5.11 Å². The smallest absolute Gasteiger partial charge is 0.101 e. The lowest BCUT2D eigenvalue weighted by Crippen LogP contribution is -1.80. The monoisotopic (exact) mass is 207 g/mol. The van der Waals surface area contributed by atoms with Crippen molar-refractivity contribution in [2.75, 3.05) is 6.61 Å². The molecule has 0 radical (unpaired) electrons. The molecular weight excluding hydrogens is 198 g/mol. The second-order valence-corrected chi connectivity index (χ2v) is 3.17. The Morgan fingerprint density at radius 1 is 1.50 bits per heavy atom. The molecule has 1 aromatic rings. The fourth-order valence-corrected chi connectivity index (χ4v) is 1.19. The molecule has 1 aromatic carbocycles. The van der Waals surface area contributed by atoms with Gasteiger partial charge in [0, 0.05) is 6.61 Å². The zero-order chi connectivity index (χ0) is 10.4. The van der Waals surface area contributed by atoms with Gasteiger partial charge in [0.05, 0.1) is 10.6 Å². The van der Waals surface area contributed by atoms with Crippen LogP contribution in [0.4, 0.5) is 0 Å². The third kappa shape index (κ3) is 2.88. The quantitative estimate of drug-likeness (QED) is 0.828. The highest BCUT2D eigenvalue weighted by Gasteiger charge is 1.98. The van der Waals surface area contributed by atoms with Gasteiger partial charge in [-0.15, -0.1) is 0 Å². The second-order valence-electron chi connectivity index (χ2n) is 2.77. The van der Waals surface area contributed by atoms with E-state index in [2.05, 4.69) is 0 Å². The molecule has 0 aromatic heterocycles. The molecule has 0 heterocycles. The Kier molecular flexibility index (Phi) is 4.18. The van der Waals surface area contributed by atoms with Crippen LogP contribution in [-0.2, 0) is 0 Å². The molecule has 0 amide bonds. The van der Waals surface area contributed by atoms with Crippen LogP contribution < -0.4 is 0 Å². The van der Waals surface area contributed by atoms with Crippen LogP contribution in [0.25, 0.3) is 6.08 Å². The predicted molar refractivity (Wildman–Crippen MR) is 56.9 cm³/mol. The van der Waals surface area contributed by atoms with Crippen LogP contribution in [0.1, 0.15) is 17.5 Å². The van der Waals surface area contributed by atoms with Crippen LogP contribution in [0.15, 0.2) is 24.3 Å². The van der Waals surface area contributed by atoms with Crippen molar-refractivity contribution >= 4 is 17.7 Å². The minimum absolute atomic E-state index is 0.134. The van der Waals surface area contributed by atoms with E-state index in [1.54, 1.807) is 12.1 Å². The summed E-state index contributed by atoms with van der Waals surface area (Å²) in [6, 6.07) is 7.25. The second kappa shape index (κ2) is 5.43.